The van der Waals surface area contributed by atoms with Gasteiger partial charge in [0.25, 0.3) is 5.91 Å². The van der Waals surface area contributed by atoms with Crippen molar-refractivity contribution in [3.05, 3.63) is 93.5 Å². The summed E-state index contributed by atoms with van der Waals surface area (Å²) in [4.78, 5) is 26.8. The maximum atomic E-state index is 13.9. The molecule has 2 heterocycles. The number of hydrogen-bond acceptors (Lipinski definition) is 3. The molecule has 32 heavy (non-hydrogen) atoms. The van der Waals surface area contributed by atoms with Crippen LogP contribution in [0.3, 0.4) is 0 Å². The Kier molecular flexibility index (Phi) is 4.83. The molecule has 6 nitrogen and oxygen atoms in total. The predicted octanol–water partition coefficient (Wildman–Crippen LogP) is 4.54. The molecule has 0 fully saturated rings. The highest BCUT2D eigenvalue weighted by atomic mass is 35.5. The number of rotatable bonds is 2. The Morgan fingerprint density at radius 1 is 1.09 bits per heavy atom. The summed E-state index contributed by atoms with van der Waals surface area (Å²) in [5, 5.41) is 16.0. The number of urea groups is 1. The summed E-state index contributed by atoms with van der Waals surface area (Å²) in [6, 6.07) is 11.1. The second-order valence-corrected chi connectivity index (χ2v) is 8.01. The van der Waals surface area contributed by atoms with Crippen molar-refractivity contribution in [2.75, 3.05) is 16.8 Å². The maximum Gasteiger partial charge on any atom is 0.326 e. The first-order valence-corrected chi connectivity index (χ1v) is 10.2. The monoisotopic (exact) mass is 455 g/mol. The molecule has 3 N–H and O–H groups in total. The highest BCUT2D eigenvalue weighted by molar-refractivity contribution is 6.31. The van der Waals surface area contributed by atoms with Crippen molar-refractivity contribution < 1.29 is 23.5 Å². The van der Waals surface area contributed by atoms with E-state index < -0.39 is 29.8 Å². The largest absolute Gasteiger partial charge is 0.386 e. The van der Waals surface area contributed by atoms with E-state index in [4.69, 9.17) is 11.6 Å². The van der Waals surface area contributed by atoms with Crippen LogP contribution >= 0.6 is 11.6 Å². The number of β-amino-alcohol motifs (C(OH)–C–C–N with tert-alkyl or cyclic N) is 1. The van der Waals surface area contributed by atoms with E-state index >= 15 is 0 Å². The van der Waals surface area contributed by atoms with E-state index in [1.54, 1.807) is 18.2 Å². The lowest BCUT2D eigenvalue weighted by molar-refractivity contribution is 0.0960. The van der Waals surface area contributed by atoms with Gasteiger partial charge in [0.15, 0.2) is 0 Å². The zero-order chi connectivity index (χ0) is 22.6. The summed E-state index contributed by atoms with van der Waals surface area (Å²) < 4.78 is 27.7. The molecule has 0 saturated heterocycles. The maximum absolute atomic E-state index is 13.9. The Labute approximate surface area is 186 Å². The van der Waals surface area contributed by atoms with Crippen LogP contribution in [-0.4, -0.2) is 23.6 Å². The standard InChI is InChI=1S/C23H16ClF2N3O3/c24-16-7-5-11(25)8-15(16)21-20-14(22(31)28-21)2-1-3-17(20)27-23(32)29-10-19(30)13-6-4-12(26)9-18(13)29/h1-9,19,21,30H,10H2,(H,27,32)(H,28,31)/t19-,21+/m0/s1. The minimum absolute atomic E-state index is 0.0457. The van der Waals surface area contributed by atoms with Crippen LogP contribution in [0.4, 0.5) is 25.0 Å². The van der Waals surface area contributed by atoms with Crippen molar-refractivity contribution in [2.45, 2.75) is 12.1 Å². The van der Waals surface area contributed by atoms with Crippen LogP contribution < -0.4 is 15.5 Å². The van der Waals surface area contributed by atoms with Gasteiger partial charge in [-0.1, -0.05) is 23.7 Å². The molecule has 0 radical (unpaired) electrons. The quantitative estimate of drug-likeness (QED) is 0.530. The molecule has 0 bridgehead atoms. The van der Waals surface area contributed by atoms with Gasteiger partial charge in [-0.15, -0.1) is 0 Å². The molecule has 0 saturated carbocycles. The molecule has 162 valence electrons. The number of aliphatic hydroxyl groups is 1. The summed E-state index contributed by atoms with van der Waals surface area (Å²) >= 11 is 6.26. The lowest BCUT2D eigenvalue weighted by Gasteiger charge is -2.21. The Balaban J connectivity index is 1.52. The van der Waals surface area contributed by atoms with Crippen LogP contribution in [0.1, 0.15) is 39.2 Å². The lowest BCUT2D eigenvalue weighted by Crippen LogP contribution is -2.34. The Morgan fingerprint density at radius 3 is 2.66 bits per heavy atom. The first-order chi connectivity index (χ1) is 15.3. The van der Waals surface area contributed by atoms with E-state index in [9.17, 15) is 23.5 Å². The molecule has 0 spiro atoms. The normalized spacial score (nSPS) is 18.9. The number of halogens is 3. The van der Waals surface area contributed by atoms with Gasteiger partial charge in [0, 0.05) is 33.0 Å². The first kappa shape index (κ1) is 20.4. The lowest BCUT2D eigenvalue weighted by atomic mass is 9.96. The van der Waals surface area contributed by atoms with Crippen molar-refractivity contribution in [1.82, 2.24) is 5.32 Å². The summed E-state index contributed by atoms with van der Waals surface area (Å²) in [5.41, 5.74) is 2.14. The zero-order valence-electron chi connectivity index (χ0n) is 16.4. The second-order valence-electron chi connectivity index (χ2n) is 7.60. The summed E-state index contributed by atoms with van der Waals surface area (Å²) in [6.45, 7) is -0.0457. The molecule has 3 aromatic rings. The van der Waals surface area contributed by atoms with Crippen molar-refractivity contribution in [3.8, 4) is 0 Å². The number of carbonyl (C=O) groups is 2. The third-order valence-electron chi connectivity index (χ3n) is 5.67. The Morgan fingerprint density at radius 2 is 1.84 bits per heavy atom. The smallest absolute Gasteiger partial charge is 0.326 e. The van der Waals surface area contributed by atoms with Crippen molar-refractivity contribution in [3.63, 3.8) is 0 Å². The Bertz CT molecular complexity index is 1280. The van der Waals surface area contributed by atoms with Gasteiger partial charge in [-0.05, 0) is 42.5 Å². The number of anilines is 2. The number of amides is 3. The van der Waals surface area contributed by atoms with Gasteiger partial charge >= 0.3 is 6.03 Å². The van der Waals surface area contributed by atoms with Crippen LogP contribution in [-0.2, 0) is 0 Å². The van der Waals surface area contributed by atoms with E-state index in [0.29, 0.717) is 27.9 Å². The number of nitrogens with zero attached hydrogens (tertiary/aromatic N) is 1. The molecular formula is C23H16ClF2N3O3. The molecule has 3 aromatic carbocycles. The SMILES string of the molecule is O=C1N[C@H](c2cc(F)ccc2Cl)c2c(NC(=O)N3C[C@H](O)c4ccc(F)cc43)cccc21. The minimum Gasteiger partial charge on any atom is -0.386 e. The number of nitrogens with one attached hydrogen (secondary N) is 2. The van der Waals surface area contributed by atoms with Crippen LogP contribution in [0.15, 0.2) is 54.6 Å². The van der Waals surface area contributed by atoms with Gasteiger partial charge in [-0.2, -0.15) is 0 Å². The molecule has 2 aliphatic rings. The van der Waals surface area contributed by atoms with Crippen LogP contribution in [0.2, 0.25) is 5.02 Å². The van der Waals surface area contributed by atoms with Crippen molar-refractivity contribution in [2.24, 2.45) is 0 Å². The van der Waals surface area contributed by atoms with Crippen LogP contribution in [0, 0.1) is 11.6 Å². The molecule has 0 aromatic heterocycles. The molecule has 0 aliphatic carbocycles. The van der Waals surface area contributed by atoms with Crippen molar-refractivity contribution in [1.29, 1.82) is 0 Å². The molecule has 0 unspecified atom stereocenters. The molecule has 2 atom stereocenters. The zero-order valence-corrected chi connectivity index (χ0v) is 17.2. The van der Waals surface area contributed by atoms with Crippen LogP contribution in [0.25, 0.3) is 0 Å². The van der Waals surface area contributed by atoms with Crippen molar-refractivity contribution >= 4 is 34.9 Å². The molecule has 2 aliphatic heterocycles. The fourth-order valence-corrected chi connectivity index (χ4v) is 4.44. The third-order valence-corrected chi connectivity index (χ3v) is 6.01. The van der Waals surface area contributed by atoms with Gasteiger partial charge in [-0.3, -0.25) is 9.69 Å². The topological polar surface area (TPSA) is 81.7 Å². The van der Waals surface area contributed by atoms with Gasteiger partial charge in [0.2, 0.25) is 0 Å². The van der Waals surface area contributed by atoms with Gasteiger partial charge < -0.3 is 15.7 Å². The summed E-state index contributed by atoms with van der Waals surface area (Å²) in [6.07, 6.45) is -0.945. The fraction of sp³-hybridized carbons (Fsp3) is 0.130. The third kappa shape index (κ3) is 3.28. The van der Waals surface area contributed by atoms with E-state index in [1.807, 2.05) is 0 Å². The first-order valence-electron chi connectivity index (χ1n) is 9.78. The fourth-order valence-electron chi connectivity index (χ4n) is 4.21. The second kappa shape index (κ2) is 7.58. The molecule has 5 rings (SSSR count). The molecule has 3 amide bonds. The highest BCUT2D eigenvalue weighted by Crippen LogP contribution is 2.40. The number of carbonyl (C=O) groups excluding carboxylic acids is 2. The highest BCUT2D eigenvalue weighted by Gasteiger charge is 2.36. The summed E-state index contributed by atoms with van der Waals surface area (Å²) in [7, 11) is 0. The van der Waals surface area contributed by atoms with Gasteiger partial charge in [0.1, 0.15) is 11.6 Å². The van der Waals surface area contributed by atoms with Gasteiger partial charge in [-0.25, -0.2) is 13.6 Å². The number of benzene rings is 3. The summed E-state index contributed by atoms with van der Waals surface area (Å²) in [5.74, 6) is -1.43. The average molecular weight is 456 g/mol. The average Bonchev–Trinajstić information content (AvgIpc) is 3.27. The van der Waals surface area contributed by atoms with E-state index in [-0.39, 0.29) is 23.2 Å². The van der Waals surface area contributed by atoms with Crippen LogP contribution in [0.5, 0.6) is 0 Å². The molecule has 9 heteroatoms. The van der Waals surface area contributed by atoms with E-state index in [2.05, 4.69) is 10.6 Å². The van der Waals surface area contributed by atoms with E-state index in [1.165, 1.54) is 41.3 Å². The number of aliphatic hydroxyl groups excluding tert-OH is 1. The predicted molar refractivity (Wildman–Crippen MR) is 115 cm³/mol. The number of fused-ring (bicyclic) bond motifs is 2. The van der Waals surface area contributed by atoms with Gasteiger partial charge in [0.05, 0.1) is 24.4 Å². The molecular weight excluding hydrogens is 440 g/mol. The Hall–Kier alpha value is -3.49. The van der Waals surface area contributed by atoms with E-state index in [0.717, 1.165) is 0 Å². The minimum atomic E-state index is -0.945. The number of hydrogen-bond donors (Lipinski definition) is 3.